The van der Waals surface area contributed by atoms with Gasteiger partial charge in [-0.05, 0) is 142 Å². The number of aliphatic hydroxyl groups excluding tert-OH is 1. The van der Waals surface area contributed by atoms with Crippen LogP contribution in [0.1, 0.15) is 132 Å². The Morgan fingerprint density at radius 3 is 2.17 bits per heavy atom. The number of aliphatic carboxylic acids is 1. The molecule has 1 amide bonds. The third-order valence-electron chi connectivity index (χ3n) is 17.0. The van der Waals surface area contributed by atoms with Crippen molar-refractivity contribution in [2.75, 3.05) is 27.2 Å². The second kappa shape index (κ2) is 15.6. The second-order valence-electron chi connectivity index (χ2n) is 21.7. The zero-order valence-corrected chi connectivity index (χ0v) is 37.9. The van der Waals surface area contributed by atoms with Gasteiger partial charge in [0.1, 0.15) is 6.10 Å². The molecule has 4 fully saturated rings. The molecule has 0 saturated heterocycles. The molecule has 9 nitrogen and oxygen atoms in total. The molecular weight excluding hydrogens is 752 g/mol. The highest BCUT2D eigenvalue weighted by molar-refractivity contribution is 6.30. The number of rotatable bonds is 12. The van der Waals surface area contributed by atoms with Crippen LogP contribution in [0, 0.1) is 56.2 Å². The number of nitrogens with zero attached hydrogens (tertiary/aromatic N) is 2. The van der Waals surface area contributed by atoms with Gasteiger partial charge < -0.3 is 24.7 Å². The molecule has 9 atom stereocenters. The van der Waals surface area contributed by atoms with Crippen LogP contribution in [0.2, 0.25) is 5.02 Å². The molecule has 5 aliphatic rings. The molecule has 58 heavy (non-hydrogen) atoms. The highest BCUT2D eigenvalue weighted by Gasteiger charge is 2.71. The minimum atomic E-state index is -1.19. The van der Waals surface area contributed by atoms with E-state index in [9.17, 15) is 29.4 Å². The van der Waals surface area contributed by atoms with E-state index in [1.54, 1.807) is 18.7 Å². The molecule has 5 aliphatic carbocycles. The summed E-state index contributed by atoms with van der Waals surface area (Å²) in [6, 6.07) is 7.50. The van der Waals surface area contributed by atoms with Crippen molar-refractivity contribution < 1.29 is 34.1 Å². The molecule has 0 spiro atoms. The van der Waals surface area contributed by atoms with E-state index in [2.05, 4.69) is 48.5 Å². The van der Waals surface area contributed by atoms with Gasteiger partial charge in [0.05, 0.1) is 24.5 Å². The molecule has 322 valence electrons. The van der Waals surface area contributed by atoms with E-state index in [0.29, 0.717) is 29.8 Å². The first-order valence-electron chi connectivity index (χ1n) is 21.9. The lowest BCUT2D eigenvalue weighted by Gasteiger charge is -2.72. The number of allylic oxidation sites excluding steroid dienone is 1. The smallest absolute Gasteiger partial charge is 0.309 e. The summed E-state index contributed by atoms with van der Waals surface area (Å²) in [4.78, 5) is 56.7. The van der Waals surface area contributed by atoms with Gasteiger partial charge in [-0.15, -0.1) is 0 Å². The molecular formula is C48H71ClN2O7. The first-order chi connectivity index (χ1) is 26.8. The Bertz CT molecular complexity index is 1820. The number of hydrogen-bond donors (Lipinski definition) is 2. The van der Waals surface area contributed by atoms with Crippen molar-refractivity contribution in [3.05, 3.63) is 46.0 Å². The van der Waals surface area contributed by atoms with Crippen molar-refractivity contribution in [3.63, 3.8) is 0 Å². The van der Waals surface area contributed by atoms with Crippen LogP contribution in [-0.2, 0) is 30.5 Å². The first-order valence-corrected chi connectivity index (χ1v) is 22.3. The third-order valence-corrected chi connectivity index (χ3v) is 17.2. The lowest BCUT2D eigenvalue weighted by molar-refractivity contribution is -0.235. The van der Waals surface area contributed by atoms with Crippen LogP contribution in [0.4, 0.5) is 0 Å². The molecule has 4 saturated carbocycles. The summed E-state index contributed by atoms with van der Waals surface area (Å²) in [5, 5.41) is 22.9. The van der Waals surface area contributed by atoms with Gasteiger partial charge in [-0.3, -0.25) is 19.2 Å². The summed E-state index contributed by atoms with van der Waals surface area (Å²) < 4.78 is 6.18. The van der Waals surface area contributed by atoms with Gasteiger partial charge in [0.15, 0.2) is 5.78 Å². The van der Waals surface area contributed by atoms with E-state index < -0.39 is 28.9 Å². The predicted octanol–water partition coefficient (Wildman–Crippen LogP) is 8.98. The van der Waals surface area contributed by atoms with E-state index in [0.717, 1.165) is 56.1 Å². The maximum absolute atomic E-state index is 14.3. The summed E-state index contributed by atoms with van der Waals surface area (Å²) in [6.07, 6.45) is 6.25. The van der Waals surface area contributed by atoms with E-state index in [4.69, 9.17) is 16.3 Å². The van der Waals surface area contributed by atoms with Crippen molar-refractivity contribution in [2.45, 2.75) is 145 Å². The number of amides is 1. The maximum atomic E-state index is 14.3. The summed E-state index contributed by atoms with van der Waals surface area (Å²) in [6.45, 7) is 20.1. The lowest BCUT2D eigenvalue weighted by atomic mass is 9.33. The van der Waals surface area contributed by atoms with E-state index >= 15 is 0 Å². The maximum Gasteiger partial charge on any atom is 0.309 e. The van der Waals surface area contributed by atoms with Crippen LogP contribution < -0.4 is 0 Å². The van der Waals surface area contributed by atoms with E-state index in [1.807, 2.05) is 43.3 Å². The molecule has 0 heterocycles. The van der Waals surface area contributed by atoms with Crippen molar-refractivity contribution >= 4 is 35.2 Å². The normalized spacial score (nSPS) is 34.8. The Morgan fingerprint density at radius 1 is 0.914 bits per heavy atom. The Kier molecular flexibility index (Phi) is 12.1. The molecule has 0 aromatic heterocycles. The Balaban J connectivity index is 1.30. The van der Waals surface area contributed by atoms with Crippen molar-refractivity contribution in [1.29, 1.82) is 0 Å². The third kappa shape index (κ3) is 7.39. The molecule has 10 heteroatoms. The van der Waals surface area contributed by atoms with E-state index in [-0.39, 0.29) is 77.2 Å². The average molecular weight is 824 g/mol. The number of likely N-dealkylation sites (N-methyl/N-ethyl adjacent to an activating group) is 1. The van der Waals surface area contributed by atoms with Crippen LogP contribution in [0.5, 0.6) is 0 Å². The van der Waals surface area contributed by atoms with Gasteiger partial charge in [0.25, 0.3) is 0 Å². The summed E-state index contributed by atoms with van der Waals surface area (Å²) in [5.74, 6) is -0.430. The highest BCUT2D eigenvalue weighted by atomic mass is 35.5. The number of benzene rings is 1. The Hall–Kier alpha value is -2.75. The van der Waals surface area contributed by atoms with Crippen molar-refractivity contribution in [1.82, 2.24) is 9.80 Å². The summed E-state index contributed by atoms with van der Waals surface area (Å²) in [5.41, 5.74) is 0.730. The summed E-state index contributed by atoms with van der Waals surface area (Å²) >= 11 is 6.20. The van der Waals surface area contributed by atoms with Crippen molar-refractivity contribution in [3.8, 4) is 0 Å². The number of esters is 1. The Morgan fingerprint density at radius 2 is 1.57 bits per heavy atom. The SMILES string of the molecule is CC(C)C1=C2[C@H]3CC[C@@H]4[C@@]5(C)CC[C@H](OC(=O)CC(C)(C)C(=O)O)C(C)(C)[C@@H]5CC[C@@]4(C)[C@]3(C)CC[C@@]2([C@H](O)CN(Cc2ccc(Cl)cc2)C(=O)CN(C)C)CC1=O. The van der Waals surface area contributed by atoms with Crippen LogP contribution in [0.15, 0.2) is 35.4 Å². The van der Waals surface area contributed by atoms with Gasteiger partial charge in [-0.25, -0.2) is 0 Å². The first kappa shape index (κ1) is 44.8. The average Bonchev–Trinajstić information content (AvgIpc) is 3.43. The van der Waals surface area contributed by atoms with Gasteiger partial charge in [-0.1, -0.05) is 77.8 Å². The highest BCUT2D eigenvalue weighted by Crippen LogP contribution is 2.77. The number of carboxylic acids is 1. The molecule has 2 N–H and O–H groups in total. The fraction of sp³-hybridized carbons (Fsp3) is 0.750. The zero-order valence-electron chi connectivity index (χ0n) is 37.2. The number of halogens is 1. The predicted molar refractivity (Wildman–Crippen MR) is 227 cm³/mol. The largest absolute Gasteiger partial charge is 0.481 e. The molecule has 0 radical (unpaired) electrons. The topological polar surface area (TPSA) is 124 Å². The fourth-order valence-corrected chi connectivity index (χ4v) is 13.9. The zero-order chi connectivity index (χ0) is 43.0. The lowest BCUT2D eigenvalue weighted by Crippen LogP contribution is -2.66. The van der Waals surface area contributed by atoms with Crippen LogP contribution in [0.3, 0.4) is 0 Å². The number of Topliss-reactive ketones (excluding diaryl/α,β-unsaturated/α-hetero) is 1. The monoisotopic (exact) mass is 822 g/mol. The number of fused-ring (bicyclic) bond motifs is 7. The van der Waals surface area contributed by atoms with Crippen LogP contribution in [0.25, 0.3) is 0 Å². The number of hydrogen-bond acceptors (Lipinski definition) is 7. The van der Waals surface area contributed by atoms with Crippen molar-refractivity contribution in [2.24, 2.45) is 56.2 Å². The number of aliphatic hydroxyl groups is 1. The van der Waals surface area contributed by atoms with Crippen LogP contribution in [-0.4, -0.2) is 83.0 Å². The van der Waals surface area contributed by atoms with Gasteiger partial charge >= 0.3 is 11.9 Å². The van der Waals surface area contributed by atoms with Gasteiger partial charge in [0.2, 0.25) is 5.91 Å². The van der Waals surface area contributed by atoms with Crippen LogP contribution >= 0.6 is 11.6 Å². The standard InChI is InChI=1S/C48H71ClN2O7/c1-29(2)40-33(52)24-48(36(53)27-51(38(54)28-50(10)11)26-30-12-14-31(49)15-13-30)23-22-46(8)32(41(40)48)16-17-35-45(7)20-19-37(58-39(55)25-43(3,4)42(56)57)44(5,6)34(45)18-21-47(35,46)9/h12-15,29,32,34-37,53H,16-28H2,1-11H3,(H,56,57)/t32-,34+,35-,36-,37+,45+,46-,47-,48+/m1/s1. The fourth-order valence-electron chi connectivity index (χ4n) is 13.7. The molecule has 0 unspecified atom stereocenters. The second-order valence-corrected chi connectivity index (χ2v) is 22.1. The van der Waals surface area contributed by atoms with Gasteiger partial charge in [0, 0.05) is 35.4 Å². The Labute approximate surface area is 352 Å². The summed E-state index contributed by atoms with van der Waals surface area (Å²) in [7, 11) is 3.75. The molecule has 6 rings (SSSR count). The number of ketones is 1. The quantitative estimate of drug-likeness (QED) is 0.200. The number of carbonyl (C=O) groups excluding carboxylic acids is 3. The minimum Gasteiger partial charge on any atom is -0.481 e. The molecule has 0 bridgehead atoms. The number of carbonyl (C=O) groups is 4. The van der Waals surface area contributed by atoms with E-state index in [1.165, 1.54) is 5.57 Å². The molecule has 1 aromatic rings. The molecule has 1 aromatic carbocycles. The molecule has 0 aliphatic heterocycles. The number of ether oxygens (including phenoxy) is 1. The number of carboxylic acid groups (broad SMARTS) is 1. The minimum absolute atomic E-state index is 0.0114. The van der Waals surface area contributed by atoms with Gasteiger partial charge in [-0.2, -0.15) is 0 Å².